The number of amides is 1. The molecule has 3 aromatic rings. The molecule has 0 aliphatic carbocycles. The van der Waals surface area contributed by atoms with Gasteiger partial charge in [0, 0.05) is 18.3 Å². The van der Waals surface area contributed by atoms with Crippen molar-refractivity contribution in [2.75, 3.05) is 11.4 Å². The number of carbonyl (C=O) groups is 1. The van der Waals surface area contributed by atoms with Crippen LogP contribution in [0.4, 0.5) is 16.3 Å². The van der Waals surface area contributed by atoms with Crippen molar-refractivity contribution in [3.8, 4) is 0 Å². The van der Waals surface area contributed by atoms with Crippen LogP contribution in [-0.4, -0.2) is 35.9 Å². The molecule has 2 heterocycles. The maximum atomic E-state index is 13.6. The molecule has 8 heteroatoms. The number of benzene rings is 2. The van der Waals surface area contributed by atoms with E-state index in [4.69, 9.17) is 4.74 Å². The summed E-state index contributed by atoms with van der Waals surface area (Å²) in [5.41, 5.74) is 1.53. The summed E-state index contributed by atoms with van der Waals surface area (Å²) in [6.45, 7) is 7.74. The Morgan fingerprint density at radius 1 is 1.03 bits per heavy atom. The molecule has 0 bridgehead atoms. The average Bonchev–Trinajstić information content (AvgIpc) is 3.30. The standard InChI is InChI=1S/C27H31N3O4S/c1-20-14-16-22(17-15-20)35(32,33)29-19-9-13-24(29)23-12-8-18-28-25(23)30(21-10-6-5-7-11-21)26(31)34-27(2,3)4/h5-8,10-12,14-18,24H,9,13,19H2,1-4H3/t24-/m1/s1. The Balaban J connectivity index is 1.79. The van der Waals surface area contributed by atoms with E-state index in [1.807, 2.05) is 31.2 Å². The Labute approximate surface area is 207 Å². The number of rotatable bonds is 5. The monoisotopic (exact) mass is 493 g/mol. The number of hydrogen-bond donors (Lipinski definition) is 0. The Bertz CT molecular complexity index is 1290. The second-order valence-electron chi connectivity index (χ2n) is 9.65. The molecule has 0 spiro atoms. The highest BCUT2D eigenvalue weighted by Gasteiger charge is 2.39. The minimum atomic E-state index is -3.74. The lowest BCUT2D eigenvalue weighted by Gasteiger charge is -2.31. The van der Waals surface area contributed by atoms with E-state index in [-0.39, 0.29) is 4.90 Å². The van der Waals surface area contributed by atoms with E-state index in [0.717, 1.165) is 5.56 Å². The summed E-state index contributed by atoms with van der Waals surface area (Å²) in [6.07, 6.45) is 2.37. The zero-order valence-corrected chi connectivity index (χ0v) is 21.3. The molecule has 1 saturated heterocycles. The van der Waals surface area contributed by atoms with E-state index in [9.17, 15) is 13.2 Å². The molecule has 4 rings (SSSR count). The molecule has 7 nitrogen and oxygen atoms in total. The molecular formula is C27H31N3O4S. The van der Waals surface area contributed by atoms with Crippen molar-refractivity contribution in [2.45, 2.75) is 57.1 Å². The lowest BCUT2D eigenvalue weighted by atomic mass is 10.1. The largest absolute Gasteiger partial charge is 0.443 e. The van der Waals surface area contributed by atoms with Gasteiger partial charge in [-0.05, 0) is 70.9 Å². The molecule has 0 saturated carbocycles. The van der Waals surface area contributed by atoms with Crippen LogP contribution in [0.2, 0.25) is 0 Å². The molecule has 184 valence electrons. The Hall–Kier alpha value is -3.23. The molecule has 1 atom stereocenters. The first-order valence-electron chi connectivity index (χ1n) is 11.7. The van der Waals surface area contributed by atoms with Crippen molar-refractivity contribution in [1.29, 1.82) is 0 Å². The second kappa shape index (κ2) is 9.79. The first-order chi connectivity index (χ1) is 16.6. The van der Waals surface area contributed by atoms with Gasteiger partial charge in [-0.25, -0.2) is 23.1 Å². The number of nitrogens with zero attached hydrogens (tertiary/aromatic N) is 3. The number of ether oxygens (including phenoxy) is 1. The van der Waals surface area contributed by atoms with Crippen molar-refractivity contribution in [2.24, 2.45) is 0 Å². The SMILES string of the molecule is Cc1ccc(S(=O)(=O)N2CCC[C@@H]2c2cccnc2N(C(=O)OC(C)(C)C)c2ccccc2)cc1. The molecule has 1 aliphatic rings. The van der Waals surface area contributed by atoms with Gasteiger partial charge in [0.25, 0.3) is 0 Å². The highest BCUT2D eigenvalue weighted by atomic mass is 32.2. The van der Waals surface area contributed by atoms with Crippen LogP contribution in [0, 0.1) is 6.92 Å². The number of sulfonamides is 1. The number of pyridine rings is 1. The lowest BCUT2D eigenvalue weighted by Crippen LogP contribution is -2.36. The number of anilines is 2. The van der Waals surface area contributed by atoms with Gasteiger partial charge in [0.15, 0.2) is 0 Å². The molecule has 1 aliphatic heterocycles. The molecule has 0 unspecified atom stereocenters. The van der Waals surface area contributed by atoms with Gasteiger partial charge in [0.2, 0.25) is 10.0 Å². The zero-order valence-electron chi connectivity index (χ0n) is 20.5. The number of aryl methyl sites for hydroxylation is 1. The van der Waals surface area contributed by atoms with Crippen LogP contribution in [0.3, 0.4) is 0 Å². The summed E-state index contributed by atoms with van der Waals surface area (Å²) in [5, 5.41) is 0. The van der Waals surface area contributed by atoms with Crippen molar-refractivity contribution in [1.82, 2.24) is 9.29 Å². The highest BCUT2D eigenvalue weighted by Crippen LogP contribution is 2.41. The fourth-order valence-corrected chi connectivity index (χ4v) is 5.91. The Morgan fingerprint density at radius 2 is 1.71 bits per heavy atom. The van der Waals surface area contributed by atoms with Crippen LogP contribution >= 0.6 is 0 Å². The third-order valence-corrected chi connectivity index (χ3v) is 7.73. The fourth-order valence-electron chi connectivity index (χ4n) is 4.24. The normalized spacial score (nSPS) is 16.7. The molecule has 1 fully saturated rings. The van der Waals surface area contributed by atoms with Gasteiger partial charge in [-0.15, -0.1) is 0 Å². The van der Waals surface area contributed by atoms with Crippen molar-refractivity contribution in [3.05, 3.63) is 84.1 Å². The highest BCUT2D eigenvalue weighted by molar-refractivity contribution is 7.89. The smallest absolute Gasteiger partial charge is 0.420 e. The van der Waals surface area contributed by atoms with Gasteiger partial charge < -0.3 is 4.74 Å². The minimum Gasteiger partial charge on any atom is -0.443 e. The van der Waals surface area contributed by atoms with E-state index in [2.05, 4.69) is 4.98 Å². The van der Waals surface area contributed by atoms with Gasteiger partial charge >= 0.3 is 6.09 Å². The van der Waals surface area contributed by atoms with Crippen molar-refractivity contribution >= 4 is 27.6 Å². The summed E-state index contributed by atoms with van der Waals surface area (Å²) < 4.78 is 34.4. The van der Waals surface area contributed by atoms with Gasteiger partial charge in [0.05, 0.1) is 16.6 Å². The molecule has 1 aromatic heterocycles. The summed E-state index contributed by atoms with van der Waals surface area (Å²) in [5.74, 6) is 0.365. The number of aromatic nitrogens is 1. The van der Waals surface area contributed by atoms with Crippen molar-refractivity contribution in [3.63, 3.8) is 0 Å². The third-order valence-electron chi connectivity index (χ3n) is 5.81. The van der Waals surface area contributed by atoms with E-state index in [1.54, 1.807) is 69.4 Å². The van der Waals surface area contributed by atoms with Crippen LogP contribution in [0.15, 0.2) is 77.8 Å². The molecule has 0 N–H and O–H groups in total. The van der Waals surface area contributed by atoms with Crippen LogP contribution in [0.25, 0.3) is 0 Å². The Kier molecular flexibility index (Phi) is 6.96. The first kappa shape index (κ1) is 24.9. The molecule has 35 heavy (non-hydrogen) atoms. The third kappa shape index (κ3) is 5.39. The quantitative estimate of drug-likeness (QED) is 0.436. The molecule has 1 amide bonds. The van der Waals surface area contributed by atoms with Gasteiger partial charge in [-0.3, -0.25) is 0 Å². The Morgan fingerprint density at radius 3 is 2.37 bits per heavy atom. The number of para-hydroxylation sites is 1. The summed E-state index contributed by atoms with van der Waals surface area (Å²) in [6, 6.07) is 19.2. The number of carbonyl (C=O) groups excluding carboxylic acids is 1. The number of hydrogen-bond acceptors (Lipinski definition) is 5. The summed E-state index contributed by atoms with van der Waals surface area (Å²) in [7, 11) is -3.74. The first-order valence-corrected chi connectivity index (χ1v) is 13.1. The lowest BCUT2D eigenvalue weighted by molar-refractivity contribution is 0.0597. The van der Waals surface area contributed by atoms with Crippen LogP contribution in [-0.2, 0) is 14.8 Å². The molecular weight excluding hydrogens is 462 g/mol. The predicted octanol–water partition coefficient (Wildman–Crippen LogP) is 5.99. The topological polar surface area (TPSA) is 79.8 Å². The molecule has 2 aromatic carbocycles. The minimum absolute atomic E-state index is 0.257. The van der Waals surface area contributed by atoms with Crippen molar-refractivity contribution < 1.29 is 17.9 Å². The maximum Gasteiger partial charge on any atom is 0.420 e. The van der Waals surface area contributed by atoms with E-state index < -0.39 is 27.8 Å². The van der Waals surface area contributed by atoms with Crippen LogP contribution < -0.4 is 4.90 Å². The second-order valence-corrected chi connectivity index (χ2v) is 11.5. The van der Waals surface area contributed by atoms with E-state index in [0.29, 0.717) is 36.5 Å². The van der Waals surface area contributed by atoms with Crippen LogP contribution in [0.1, 0.15) is 50.8 Å². The van der Waals surface area contributed by atoms with Crippen LogP contribution in [0.5, 0.6) is 0 Å². The fraction of sp³-hybridized carbons (Fsp3) is 0.333. The van der Waals surface area contributed by atoms with E-state index >= 15 is 0 Å². The average molecular weight is 494 g/mol. The molecule has 0 radical (unpaired) electrons. The summed E-state index contributed by atoms with van der Waals surface area (Å²) in [4.78, 5) is 19.6. The summed E-state index contributed by atoms with van der Waals surface area (Å²) >= 11 is 0. The predicted molar refractivity (Wildman–Crippen MR) is 136 cm³/mol. The zero-order chi connectivity index (χ0) is 25.2. The van der Waals surface area contributed by atoms with Gasteiger partial charge in [-0.1, -0.05) is 42.0 Å². The maximum absolute atomic E-state index is 13.6. The van der Waals surface area contributed by atoms with Gasteiger partial charge in [0.1, 0.15) is 11.4 Å². The van der Waals surface area contributed by atoms with E-state index in [1.165, 1.54) is 9.21 Å². The van der Waals surface area contributed by atoms with Gasteiger partial charge in [-0.2, -0.15) is 4.31 Å².